The van der Waals surface area contributed by atoms with Gasteiger partial charge in [0, 0.05) is 36.4 Å². The number of nitrogens with one attached hydrogen (secondary N) is 2. The van der Waals surface area contributed by atoms with Crippen LogP contribution in [0.3, 0.4) is 0 Å². The van der Waals surface area contributed by atoms with E-state index in [4.69, 9.17) is 23.2 Å². The van der Waals surface area contributed by atoms with Gasteiger partial charge in [0.2, 0.25) is 5.95 Å². The summed E-state index contributed by atoms with van der Waals surface area (Å²) in [6, 6.07) is 8.62. The molecule has 0 saturated carbocycles. The molecule has 1 amide bonds. The molecular weight excluding hydrogens is 361 g/mol. The maximum absolute atomic E-state index is 12.2. The molecule has 0 atom stereocenters. The van der Waals surface area contributed by atoms with E-state index in [1.807, 2.05) is 12.1 Å². The molecule has 2 aromatic heterocycles. The van der Waals surface area contributed by atoms with Gasteiger partial charge in [-0.15, -0.1) is 0 Å². The highest BCUT2D eigenvalue weighted by Crippen LogP contribution is 2.25. The zero-order valence-corrected chi connectivity index (χ0v) is 14.4. The molecule has 2 heterocycles. The zero-order valence-electron chi connectivity index (χ0n) is 12.9. The molecule has 0 bridgehead atoms. The summed E-state index contributed by atoms with van der Waals surface area (Å²) in [4.78, 5) is 24.5. The van der Waals surface area contributed by atoms with Crippen LogP contribution in [0.2, 0.25) is 10.0 Å². The van der Waals surface area contributed by atoms with Gasteiger partial charge in [0.1, 0.15) is 0 Å². The van der Waals surface area contributed by atoms with Crippen molar-refractivity contribution in [2.24, 2.45) is 0 Å². The lowest BCUT2D eigenvalue weighted by Crippen LogP contribution is -2.13. The lowest BCUT2D eigenvalue weighted by atomic mass is 10.2. The predicted molar refractivity (Wildman–Crippen MR) is 98.0 cm³/mol. The minimum atomic E-state index is -0.357. The van der Waals surface area contributed by atoms with E-state index in [2.05, 4.69) is 25.6 Å². The van der Waals surface area contributed by atoms with Gasteiger partial charge in [-0.05, 0) is 35.9 Å². The zero-order chi connectivity index (χ0) is 17.6. The smallest absolute Gasteiger partial charge is 0.258 e. The number of carbonyl (C=O) groups excluding carboxylic acids is 1. The van der Waals surface area contributed by atoms with Crippen LogP contribution in [-0.2, 0) is 6.54 Å². The van der Waals surface area contributed by atoms with E-state index in [0.29, 0.717) is 33.8 Å². The molecule has 8 heteroatoms. The number of anilines is 2. The lowest BCUT2D eigenvalue weighted by molar-refractivity contribution is 0.102. The van der Waals surface area contributed by atoms with Gasteiger partial charge in [-0.1, -0.05) is 23.2 Å². The fourth-order valence-corrected chi connectivity index (χ4v) is 2.46. The fourth-order valence-electron chi connectivity index (χ4n) is 2.00. The normalized spacial score (nSPS) is 10.3. The molecule has 0 spiro atoms. The highest BCUT2D eigenvalue weighted by atomic mass is 35.5. The Morgan fingerprint density at radius 3 is 2.44 bits per heavy atom. The number of hydrogen-bond donors (Lipinski definition) is 2. The number of benzene rings is 1. The van der Waals surface area contributed by atoms with Crippen LogP contribution in [0.15, 0.2) is 55.1 Å². The Morgan fingerprint density at radius 1 is 1.04 bits per heavy atom. The summed E-state index contributed by atoms with van der Waals surface area (Å²) in [6.07, 6.45) is 6.32. The highest BCUT2D eigenvalue weighted by Gasteiger charge is 2.10. The summed E-state index contributed by atoms with van der Waals surface area (Å²) < 4.78 is 0. The van der Waals surface area contributed by atoms with E-state index in [0.717, 1.165) is 5.56 Å². The van der Waals surface area contributed by atoms with E-state index in [9.17, 15) is 4.79 Å². The Balaban J connectivity index is 1.62. The number of aromatic nitrogens is 3. The minimum Gasteiger partial charge on any atom is -0.350 e. The van der Waals surface area contributed by atoms with Crippen molar-refractivity contribution in [3.05, 3.63) is 76.3 Å². The van der Waals surface area contributed by atoms with Gasteiger partial charge < -0.3 is 10.6 Å². The van der Waals surface area contributed by atoms with Gasteiger partial charge in [-0.2, -0.15) is 0 Å². The average molecular weight is 374 g/mol. The van der Waals surface area contributed by atoms with Gasteiger partial charge in [0.25, 0.3) is 5.91 Å². The third-order valence-electron chi connectivity index (χ3n) is 3.29. The molecule has 0 fully saturated rings. The van der Waals surface area contributed by atoms with Crippen LogP contribution in [0.25, 0.3) is 0 Å². The highest BCUT2D eigenvalue weighted by molar-refractivity contribution is 6.36. The number of rotatable bonds is 5. The first kappa shape index (κ1) is 17.1. The number of hydrogen-bond acceptors (Lipinski definition) is 5. The van der Waals surface area contributed by atoms with Crippen molar-refractivity contribution in [3.63, 3.8) is 0 Å². The molecule has 0 aliphatic rings. The maximum Gasteiger partial charge on any atom is 0.258 e. The quantitative estimate of drug-likeness (QED) is 0.705. The molecule has 1 aromatic carbocycles. The average Bonchev–Trinajstić information content (AvgIpc) is 2.63. The van der Waals surface area contributed by atoms with Crippen LogP contribution in [0.1, 0.15) is 15.9 Å². The van der Waals surface area contributed by atoms with Crippen molar-refractivity contribution < 1.29 is 4.79 Å². The second-order valence-electron chi connectivity index (χ2n) is 5.08. The summed E-state index contributed by atoms with van der Waals surface area (Å²) in [7, 11) is 0. The number of amides is 1. The molecule has 3 rings (SSSR count). The van der Waals surface area contributed by atoms with Crippen molar-refractivity contribution in [3.8, 4) is 0 Å². The van der Waals surface area contributed by atoms with E-state index in [1.165, 1.54) is 12.4 Å². The van der Waals surface area contributed by atoms with Crippen molar-refractivity contribution in [1.29, 1.82) is 0 Å². The molecule has 25 heavy (non-hydrogen) atoms. The molecular formula is C17H13Cl2N5O. The summed E-state index contributed by atoms with van der Waals surface area (Å²) in [5, 5.41) is 6.62. The Bertz CT molecular complexity index is 872. The van der Waals surface area contributed by atoms with Crippen molar-refractivity contribution in [2.45, 2.75) is 6.54 Å². The SMILES string of the molecule is O=C(Nc1ccc(Cl)cc1Cl)c1cnc(NCc2ccncc2)nc1. The van der Waals surface area contributed by atoms with Gasteiger partial charge in [-0.3, -0.25) is 9.78 Å². The summed E-state index contributed by atoms with van der Waals surface area (Å²) in [5.74, 6) is 0.0720. The van der Waals surface area contributed by atoms with Gasteiger partial charge in [-0.25, -0.2) is 9.97 Å². The van der Waals surface area contributed by atoms with E-state index in [1.54, 1.807) is 30.6 Å². The molecule has 0 saturated heterocycles. The van der Waals surface area contributed by atoms with Crippen LogP contribution in [0, 0.1) is 0 Å². The fraction of sp³-hybridized carbons (Fsp3) is 0.0588. The predicted octanol–water partition coefficient (Wildman–Crippen LogP) is 4.04. The molecule has 0 aliphatic heterocycles. The molecule has 3 aromatic rings. The lowest BCUT2D eigenvalue weighted by Gasteiger charge is -2.08. The first-order valence-electron chi connectivity index (χ1n) is 7.33. The van der Waals surface area contributed by atoms with E-state index >= 15 is 0 Å². The van der Waals surface area contributed by atoms with Crippen LogP contribution < -0.4 is 10.6 Å². The second-order valence-corrected chi connectivity index (χ2v) is 5.93. The Hall–Kier alpha value is -2.70. The van der Waals surface area contributed by atoms with Gasteiger partial charge >= 0.3 is 0 Å². The van der Waals surface area contributed by atoms with Crippen LogP contribution in [0.5, 0.6) is 0 Å². The third-order valence-corrected chi connectivity index (χ3v) is 3.84. The first-order valence-corrected chi connectivity index (χ1v) is 8.08. The molecule has 126 valence electrons. The third kappa shape index (κ3) is 4.65. The van der Waals surface area contributed by atoms with Gasteiger partial charge in [0.05, 0.1) is 16.3 Å². The molecule has 2 N–H and O–H groups in total. The standard InChI is InChI=1S/C17H13Cl2N5O/c18-13-1-2-15(14(19)7-13)24-16(25)12-9-22-17(23-10-12)21-8-11-3-5-20-6-4-11/h1-7,9-10H,8H2,(H,24,25)(H,21,22,23). The number of halogens is 2. The first-order chi connectivity index (χ1) is 12.1. The summed E-state index contributed by atoms with van der Waals surface area (Å²) in [5.41, 5.74) is 1.84. The summed E-state index contributed by atoms with van der Waals surface area (Å²) >= 11 is 11.9. The van der Waals surface area contributed by atoms with Crippen LogP contribution >= 0.6 is 23.2 Å². The van der Waals surface area contributed by atoms with Crippen molar-refractivity contribution in [1.82, 2.24) is 15.0 Å². The second kappa shape index (κ2) is 7.92. The molecule has 0 radical (unpaired) electrons. The summed E-state index contributed by atoms with van der Waals surface area (Å²) in [6.45, 7) is 0.564. The van der Waals surface area contributed by atoms with Crippen LogP contribution in [0.4, 0.5) is 11.6 Å². The Morgan fingerprint density at radius 2 is 1.76 bits per heavy atom. The largest absolute Gasteiger partial charge is 0.350 e. The van der Waals surface area contributed by atoms with Gasteiger partial charge in [0.15, 0.2) is 0 Å². The maximum atomic E-state index is 12.2. The number of carbonyl (C=O) groups is 1. The number of pyridine rings is 1. The number of nitrogens with zero attached hydrogens (tertiary/aromatic N) is 3. The molecule has 0 unspecified atom stereocenters. The minimum absolute atomic E-state index is 0.320. The molecule has 0 aliphatic carbocycles. The monoisotopic (exact) mass is 373 g/mol. The van der Waals surface area contributed by atoms with Crippen LogP contribution in [-0.4, -0.2) is 20.9 Å². The van der Waals surface area contributed by atoms with E-state index in [-0.39, 0.29) is 5.91 Å². The Kier molecular flexibility index (Phi) is 5.42. The Labute approximate surface area is 154 Å². The van der Waals surface area contributed by atoms with Crippen molar-refractivity contribution >= 4 is 40.7 Å². The topological polar surface area (TPSA) is 79.8 Å². The molecule has 6 nitrogen and oxygen atoms in total. The van der Waals surface area contributed by atoms with Crippen molar-refractivity contribution in [2.75, 3.05) is 10.6 Å². The van der Waals surface area contributed by atoms with E-state index < -0.39 is 0 Å².